The van der Waals surface area contributed by atoms with E-state index in [0.717, 1.165) is 38.2 Å². The molecule has 1 atom stereocenters. The monoisotopic (exact) mass is 295 g/mol. The zero-order chi connectivity index (χ0) is 14.0. The van der Waals surface area contributed by atoms with Crippen LogP contribution in [-0.2, 0) is 16.4 Å². The van der Waals surface area contributed by atoms with Crippen LogP contribution >= 0.6 is 0 Å². The minimum atomic E-state index is -2.75. The first-order chi connectivity index (χ1) is 9.62. The van der Waals surface area contributed by atoms with E-state index in [-0.39, 0.29) is 0 Å². The molecule has 0 saturated carbocycles. The van der Waals surface area contributed by atoms with Crippen molar-refractivity contribution in [2.24, 2.45) is 5.92 Å². The fourth-order valence-corrected chi connectivity index (χ4v) is 4.95. The van der Waals surface area contributed by atoms with Gasteiger partial charge in [-0.1, -0.05) is 18.2 Å². The Morgan fingerprint density at radius 3 is 2.95 bits per heavy atom. The van der Waals surface area contributed by atoms with Gasteiger partial charge >= 0.3 is 0 Å². The van der Waals surface area contributed by atoms with Crippen LogP contribution < -0.4 is 4.74 Å². The molecule has 110 valence electrons. The summed E-state index contributed by atoms with van der Waals surface area (Å²) in [6.07, 6.45) is 1.81. The standard InChI is InChI=1S/C15H21NO3S/c17-20(18)10-6-13(12-20)5-7-16-8-9-19-15-4-2-1-3-14(15)11-16/h1-4,13H,5-12H2/t13-/m0/s1. The third-order valence-corrected chi connectivity index (χ3v) is 6.05. The van der Waals surface area contributed by atoms with Crippen molar-refractivity contribution in [2.45, 2.75) is 19.4 Å². The zero-order valence-electron chi connectivity index (χ0n) is 11.6. The van der Waals surface area contributed by atoms with Gasteiger partial charge in [0, 0.05) is 18.7 Å². The molecule has 1 fully saturated rings. The smallest absolute Gasteiger partial charge is 0.150 e. The van der Waals surface area contributed by atoms with Crippen molar-refractivity contribution in [1.82, 2.24) is 4.90 Å². The second kappa shape index (κ2) is 5.74. The Balaban J connectivity index is 1.56. The highest BCUT2D eigenvalue weighted by atomic mass is 32.2. The molecule has 5 heteroatoms. The van der Waals surface area contributed by atoms with E-state index in [9.17, 15) is 8.42 Å². The van der Waals surface area contributed by atoms with Crippen molar-refractivity contribution < 1.29 is 13.2 Å². The number of rotatable bonds is 3. The molecule has 1 saturated heterocycles. The Labute approximate surface area is 120 Å². The molecule has 0 amide bonds. The van der Waals surface area contributed by atoms with Gasteiger partial charge in [0.1, 0.15) is 12.4 Å². The lowest BCUT2D eigenvalue weighted by atomic mass is 10.0. The maximum atomic E-state index is 11.5. The van der Waals surface area contributed by atoms with Gasteiger partial charge in [-0.3, -0.25) is 4.90 Å². The molecule has 0 aliphatic carbocycles. The summed E-state index contributed by atoms with van der Waals surface area (Å²) < 4.78 is 28.7. The summed E-state index contributed by atoms with van der Waals surface area (Å²) in [4.78, 5) is 2.37. The van der Waals surface area contributed by atoms with Crippen LogP contribution in [0.2, 0.25) is 0 Å². The lowest BCUT2D eigenvalue weighted by molar-refractivity contribution is 0.215. The van der Waals surface area contributed by atoms with Gasteiger partial charge in [-0.25, -0.2) is 8.42 Å². The largest absolute Gasteiger partial charge is 0.492 e. The van der Waals surface area contributed by atoms with Gasteiger partial charge in [-0.05, 0) is 31.4 Å². The predicted molar refractivity (Wildman–Crippen MR) is 78.6 cm³/mol. The van der Waals surface area contributed by atoms with Crippen molar-refractivity contribution in [3.05, 3.63) is 29.8 Å². The van der Waals surface area contributed by atoms with Crippen LogP contribution in [-0.4, -0.2) is 44.5 Å². The molecule has 0 unspecified atom stereocenters. The van der Waals surface area contributed by atoms with Crippen molar-refractivity contribution in [1.29, 1.82) is 0 Å². The molecule has 1 aromatic carbocycles. The van der Waals surface area contributed by atoms with Crippen molar-refractivity contribution in [2.75, 3.05) is 31.2 Å². The third-order valence-electron chi connectivity index (χ3n) is 4.21. The summed E-state index contributed by atoms with van der Waals surface area (Å²) in [7, 11) is -2.75. The number of benzene rings is 1. The van der Waals surface area contributed by atoms with Crippen LogP contribution in [0.25, 0.3) is 0 Å². The van der Waals surface area contributed by atoms with Gasteiger partial charge in [-0.15, -0.1) is 0 Å². The van der Waals surface area contributed by atoms with Gasteiger partial charge in [0.05, 0.1) is 11.5 Å². The van der Waals surface area contributed by atoms with E-state index in [0.29, 0.717) is 24.0 Å². The first kappa shape index (κ1) is 13.9. The van der Waals surface area contributed by atoms with Gasteiger partial charge in [0.15, 0.2) is 9.84 Å². The lowest BCUT2D eigenvalue weighted by Gasteiger charge is -2.20. The van der Waals surface area contributed by atoms with Crippen molar-refractivity contribution in [3.8, 4) is 5.75 Å². The molecular formula is C15H21NO3S. The first-order valence-electron chi connectivity index (χ1n) is 7.26. The van der Waals surface area contributed by atoms with E-state index < -0.39 is 9.84 Å². The summed E-state index contributed by atoms with van der Waals surface area (Å²) >= 11 is 0. The Bertz CT molecular complexity index is 570. The van der Waals surface area contributed by atoms with Crippen LogP contribution in [0.1, 0.15) is 18.4 Å². The lowest BCUT2D eigenvalue weighted by Crippen LogP contribution is -2.28. The second-order valence-electron chi connectivity index (χ2n) is 5.79. The second-order valence-corrected chi connectivity index (χ2v) is 8.02. The summed E-state index contributed by atoms with van der Waals surface area (Å²) in [5.41, 5.74) is 1.23. The van der Waals surface area contributed by atoms with E-state index in [1.165, 1.54) is 5.56 Å². The molecule has 0 spiro atoms. The van der Waals surface area contributed by atoms with Gasteiger partial charge in [0.2, 0.25) is 0 Å². The van der Waals surface area contributed by atoms with Gasteiger partial charge in [0.25, 0.3) is 0 Å². The van der Waals surface area contributed by atoms with Crippen LogP contribution in [0.15, 0.2) is 24.3 Å². The highest BCUT2D eigenvalue weighted by Gasteiger charge is 2.28. The van der Waals surface area contributed by atoms with Crippen LogP contribution in [0.5, 0.6) is 5.75 Å². The average Bonchev–Trinajstić information content (AvgIpc) is 2.66. The minimum Gasteiger partial charge on any atom is -0.492 e. The summed E-state index contributed by atoms with van der Waals surface area (Å²) in [5, 5.41) is 0. The quantitative estimate of drug-likeness (QED) is 0.851. The van der Waals surface area contributed by atoms with Gasteiger partial charge < -0.3 is 4.74 Å². The number of sulfone groups is 1. The van der Waals surface area contributed by atoms with E-state index in [2.05, 4.69) is 11.0 Å². The highest BCUT2D eigenvalue weighted by molar-refractivity contribution is 7.91. The predicted octanol–water partition coefficient (Wildman–Crippen LogP) is 1.71. The van der Waals surface area contributed by atoms with Crippen LogP contribution in [0, 0.1) is 5.92 Å². The molecule has 1 aromatic rings. The molecule has 0 bridgehead atoms. The maximum Gasteiger partial charge on any atom is 0.150 e. The topological polar surface area (TPSA) is 46.6 Å². The molecule has 0 radical (unpaired) electrons. The maximum absolute atomic E-state index is 11.5. The molecule has 3 rings (SSSR count). The summed E-state index contributed by atoms with van der Waals surface area (Å²) in [6.45, 7) is 3.47. The minimum absolute atomic E-state index is 0.347. The Kier molecular flexibility index (Phi) is 3.98. The van der Waals surface area contributed by atoms with Crippen LogP contribution in [0.4, 0.5) is 0 Å². The zero-order valence-corrected chi connectivity index (χ0v) is 12.4. The van der Waals surface area contributed by atoms with Crippen molar-refractivity contribution in [3.63, 3.8) is 0 Å². The van der Waals surface area contributed by atoms with Crippen molar-refractivity contribution >= 4 is 9.84 Å². The Hall–Kier alpha value is -1.07. The number of hydrogen-bond donors (Lipinski definition) is 0. The summed E-state index contributed by atoms with van der Waals surface area (Å²) in [5.74, 6) is 2.09. The molecule has 0 aromatic heterocycles. The number of fused-ring (bicyclic) bond motifs is 1. The molecule has 4 nitrogen and oxygen atoms in total. The van der Waals surface area contributed by atoms with E-state index in [1.807, 2.05) is 18.2 Å². The van der Waals surface area contributed by atoms with Gasteiger partial charge in [-0.2, -0.15) is 0 Å². The number of para-hydroxylation sites is 1. The summed E-state index contributed by atoms with van der Waals surface area (Å²) in [6, 6.07) is 8.16. The molecular weight excluding hydrogens is 274 g/mol. The Morgan fingerprint density at radius 1 is 1.30 bits per heavy atom. The molecule has 2 heterocycles. The molecule has 2 aliphatic rings. The number of ether oxygens (including phenoxy) is 1. The van der Waals surface area contributed by atoms with Crippen LogP contribution in [0.3, 0.4) is 0 Å². The first-order valence-corrected chi connectivity index (χ1v) is 9.08. The van der Waals surface area contributed by atoms with E-state index >= 15 is 0 Å². The average molecular weight is 295 g/mol. The SMILES string of the molecule is O=S1(=O)CC[C@H](CCN2CCOc3ccccc3C2)C1. The number of hydrogen-bond acceptors (Lipinski definition) is 4. The highest BCUT2D eigenvalue weighted by Crippen LogP contribution is 2.25. The third kappa shape index (κ3) is 3.33. The normalized spacial score (nSPS) is 25.7. The fraction of sp³-hybridized carbons (Fsp3) is 0.600. The molecule has 20 heavy (non-hydrogen) atoms. The molecule has 0 N–H and O–H groups in total. The fourth-order valence-electron chi connectivity index (χ4n) is 3.04. The Morgan fingerprint density at radius 2 is 2.15 bits per heavy atom. The van der Waals surface area contributed by atoms with E-state index in [1.54, 1.807) is 0 Å². The molecule has 2 aliphatic heterocycles. The van der Waals surface area contributed by atoms with E-state index in [4.69, 9.17) is 4.74 Å². The number of nitrogens with zero attached hydrogens (tertiary/aromatic N) is 1.